The van der Waals surface area contributed by atoms with Gasteiger partial charge in [-0.1, -0.05) is 25.5 Å². The lowest BCUT2D eigenvalue weighted by molar-refractivity contribution is -0.116. The highest BCUT2D eigenvalue weighted by atomic mass is 16.1. The summed E-state index contributed by atoms with van der Waals surface area (Å²) >= 11 is 0. The van der Waals surface area contributed by atoms with E-state index < -0.39 is 0 Å². The molecule has 1 aliphatic rings. The van der Waals surface area contributed by atoms with E-state index in [-0.39, 0.29) is 11.9 Å². The molecule has 1 aromatic rings. The van der Waals surface area contributed by atoms with Gasteiger partial charge in [0.1, 0.15) is 0 Å². The lowest BCUT2D eigenvalue weighted by atomic mass is 9.89. The molecule has 0 fully saturated rings. The van der Waals surface area contributed by atoms with Gasteiger partial charge in [-0.05, 0) is 43.1 Å². The lowest BCUT2D eigenvalue weighted by Crippen LogP contribution is -2.29. The number of rotatable bonds is 5. The van der Waals surface area contributed by atoms with Gasteiger partial charge in [0.25, 0.3) is 0 Å². The Kier molecular flexibility index (Phi) is 4.56. The van der Waals surface area contributed by atoms with Crippen molar-refractivity contribution in [3.8, 4) is 0 Å². The molecular weight excluding hydrogens is 238 g/mol. The SMILES string of the molecule is CCC(CNC)C(N)c1ccc2c(c1)CCC(=O)N2. The van der Waals surface area contributed by atoms with Crippen LogP contribution in [0.1, 0.15) is 36.9 Å². The fourth-order valence-corrected chi connectivity index (χ4v) is 2.67. The minimum absolute atomic E-state index is 0.0420. The van der Waals surface area contributed by atoms with Gasteiger partial charge in [0.2, 0.25) is 5.91 Å². The first-order valence-electron chi connectivity index (χ1n) is 6.98. The van der Waals surface area contributed by atoms with Gasteiger partial charge >= 0.3 is 0 Å². The van der Waals surface area contributed by atoms with Crippen LogP contribution in [0.4, 0.5) is 5.69 Å². The number of amides is 1. The number of hydrogen-bond donors (Lipinski definition) is 3. The molecule has 2 unspecified atom stereocenters. The second-order valence-electron chi connectivity index (χ2n) is 5.22. The van der Waals surface area contributed by atoms with Gasteiger partial charge in [-0.25, -0.2) is 0 Å². The second-order valence-corrected chi connectivity index (χ2v) is 5.22. The average molecular weight is 261 g/mol. The molecule has 1 heterocycles. The Morgan fingerprint density at radius 3 is 2.89 bits per heavy atom. The van der Waals surface area contributed by atoms with Gasteiger partial charge in [0.15, 0.2) is 0 Å². The maximum Gasteiger partial charge on any atom is 0.224 e. The Hall–Kier alpha value is -1.39. The van der Waals surface area contributed by atoms with Crippen molar-refractivity contribution >= 4 is 11.6 Å². The van der Waals surface area contributed by atoms with Crippen LogP contribution in [0, 0.1) is 5.92 Å². The van der Waals surface area contributed by atoms with Crippen LogP contribution in [0.2, 0.25) is 0 Å². The zero-order valence-corrected chi connectivity index (χ0v) is 11.7. The monoisotopic (exact) mass is 261 g/mol. The first-order chi connectivity index (χ1) is 9.15. The zero-order valence-electron chi connectivity index (χ0n) is 11.7. The highest BCUT2D eigenvalue weighted by Crippen LogP contribution is 2.28. The summed E-state index contributed by atoms with van der Waals surface area (Å²) in [6.45, 7) is 3.09. The van der Waals surface area contributed by atoms with E-state index in [9.17, 15) is 4.79 Å². The first kappa shape index (κ1) is 14.0. The first-order valence-corrected chi connectivity index (χ1v) is 6.98. The van der Waals surface area contributed by atoms with E-state index in [2.05, 4.69) is 23.6 Å². The van der Waals surface area contributed by atoms with Crippen molar-refractivity contribution in [2.45, 2.75) is 32.2 Å². The van der Waals surface area contributed by atoms with Gasteiger partial charge < -0.3 is 16.4 Å². The third-order valence-corrected chi connectivity index (χ3v) is 3.91. The number of anilines is 1. The van der Waals surface area contributed by atoms with Crippen molar-refractivity contribution in [1.82, 2.24) is 5.32 Å². The van der Waals surface area contributed by atoms with Gasteiger partial charge in [-0.3, -0.25) is 4.79 Å². The van der Waals surface area contributed by atoms with E-state index in [1.165, 1.54) is 5.56 Å². The Bertz CT molecular complexity index is 459. The third-order valence-electron chi connectivity index (χ3n) is 3.91. The Morgan fingerprint density at radius 2 is 2.21 bits per heavy atom. The summed E-state index contributed by atoms with van der Waals surface area (Å²) < 4.78 is 0. The molecule has 4 heteroatoms. The molecule has 19 heavy (non-hydrogen) atoms. The van der Waals surface area contributed by atoms with Crippen LogP contribution in [-0.4, -0.2) is 19.5 Å². The maximum atomic E-state index is 11.3. The number of fused-ring (bicyclic) bond motifs is 1. The fraction of sp³-hybridized carbons (Fsp3) is 0.533. The smallest absolute Gasteiger partial charge is 0.224 e. The topological polar surface area (TPSA) is 67.1 Å². The Labute approximate surface area is 114 Å². The van der Waals surface area contributed by atoms with E-state index in [0.29, 0.717) is 12.3 Å². The lowest BCUT2D eigenvalue weighted by Gasteiger charge is -2.25. The van der Waals surface area contributed by atoms with Gasteiger partial charge in [0.05, 0.1) is 0 Å². The number of hydrogen-bond acceptors (Lipinski definition) is 3. The molecule has 0 radical (unpaired) electrons. The highest BCUT2D eigenvalue weighted by Gasteiger charge is 2.20. The Morgan fingerprint density at radius 1 is 1.42 bits per heavy atom. The molecule has 1 amide bonds. The molecule has 0 saturated carbocycles. The molecule has 104 valence electrons. The van der Waals surface area contributed by atoms with Crippen molar-refractivity contribution in [3.63, 3.8) is 0 Å². The molecule has 1 aromatic carbocycles. The van der Waals surface area contributed by atoms with E-state index in [0.717, 1.165) is 30.6 Å². The van der Waals surface area contributed by atoms with Gasteiger partial charge in [-0.2, -0.15) is 0 Å². The summed E-state index contributed by atoms with van der Waals surface area (Å²) in [5, 5.41) is 6.10. The Balaban J connectivity index is 2.19. The second kappa shape index (κ2) is 6.17. The highest BCUT2D eigenvalue weighted by molar-refractivity contribution is 5.93. The van der Waals surface area contributed by atoms with Crippen LogP contribution in [0.3, 0.4) is 0 Å². The van der Waals surface area contributed by atoms with Crippen molar-refractivity contribution in [3.05, 3.63) is 29.3 Å². The summed E-state index contributed by atoms with van der Waals surface area (Å²) in [6, 6.07) is 6.21. The van der Waals surface area contributed by atoms with Crippen molar-refractivity contribution in [1.29, 1.82) is 0 Å². The quantitative estimate of drug-likeness (QED) is 0.757. The van der Waals surface area contributed by atoms with Crippen LogP contribution in [-0.2, 0) is 11.2 Å². The fourth-order valence-electron chi connectivity index (χ4n) is 2.67. The minimum atomic E-state index is 0.0420. The average Bonchev–Trinajstić information content (AvgIpc) is 2.43. The number of nitrogens with two attached hydrogens (primary N) is 1. The number of carbonyl (C=O) groups is 1. The molecular formula is C15H23N3O. The van der Waals surface area contributed by atoms with Crippen molar-refractivity contribution in [2.75, 3.05) is 18.9 Å². The number of benzene rings is 1. The van der Waals surface area contributed by atoms with E-state index in [1.807, 2.05) is 19.2 Å². The zero-order chi connectivity index (χ0) is 13.8. The molecule has 2 atom stereocenters. The predicted octanol–water partition coefficient (Wildman–Crippen LogP) is 1.82. The molecule has 4 N–H and O–H groups in total. The van der Waals surface area contributed by atoms with E-state index >= 15 is 0 Å². The van der Waals surface area contributed by atoms with Crippen LogP contribution in [0.15, 0.2) is 18.2 Å². The van der Waals surface area contributed by atoms with Crippen LogP contribution >= 0.6 is 0 Å². The molecule has 0 spiro atoms. The summed E-state index contributed by atoms with van der Waals surface area (Å²) in [7, 11) is 1.96. The predicted molar refractivity (Wildman–Crippen MR) is 78.0 cm³/mol. The van der Waals surface area contributed by atoms with Crippen molar-refractivity contribution < 1.29 is 4.79 Å². The summed E-state index contributed by atoms with van der Waals surface area (Å²) in [5.74, 6) is 0.535. The molecule has 0 bridgehead atoms. The molecule has 2 rings (SSSR count). The maximum absolute atomic E-state index is 11.3. The normalized spacial score (nSPS) is 17.5. The standard InChI is InChI=1S/C15H23N3O/c1-3-10(9-17-2)15(16)12-4-6-13-11(8-12)5-7-14(19)18-13/h4,6,8,10,15,17H,3,5,7,9,16H2,1-2H3,(H,18,19). The van der Waals surface area contributed by atoms with E-state index in [4.69, 9.17) is 5.73 Å². The van der Waals surface area contributed by atoms with E-state index in [1.54, 1.807) is 0 Å². The minimum Gasteiger partial charge on any atom is -0.326 e. The van der Waals surface area contributed by atoms with Crippen molar-refractivity contribution in [2.24, 2.45) is 11.7 Å². The summed E-state index contributed by atoms with van der Waals surface area (Å²) in [5.41, 5.74) is 9.67. The molecule has 0 saturated heterocycles. The summed E-state index contributed by atoms with van der Waals surface area (Å²) in [4.78, 5) is 11.3. The van der Waals surface area contributed by atoms with Gasteiger partial charge in [0, 0.05) is 18.2 Å². The third kappa shape index (κ3) is 3.14. The van der Waals surface area contributed by atoms with Crippen LogP contribution in [0.25, 0.3) is 0 Å². The number of carbonyl (C=O) groups excluding carboxylic acids is 1. The number of nitrogens with one attached hydrogen (secondary N) is 2. The molecule has 0 aliphatic carbocycles. The molecule has 1 aliphatic heterocycles. The molecule has 0 aromatic heterocycles. The van der Waals surface area contributed by atoms with Crippen LogP contribution < -0.4 is 16.4 Å². The van der Waals surface area contributed by atoms with Crippen LogP contribution in [0.5, 0.6) is 0 Å². The largest absolute Gasteiger partial charge is 0.326 e. The summed E-state index contributed by atoms with van der Waals surface area (Å²) in [6.07, 6.45) is 2.43. The number of aryl methyl sites for hydroxylation is 1. The van der Waals surface area contributed by atoms with Gasteiger partial charge in [-0.15, -0.1) is 0 Å². The molecule has 4 nitrogen and oxygen atoms in total.